The van der Waals surface area contributed by atoms with Crippen molar-refractivity contribution in [1.29, 1.82) is 0 Å². The molecule has 0 aromatic rings. The third kappa shape index (κ3) is 58.1. The topological polar surface area (TPSA) is 27.7 Å². The highest BCUT2D eigenvalue weighted by atomic mass is 32.2. The maximum absolute atomic E-state index is 6.43. The summed E-state index contributed by atoms with van der Waals surface area (Å²) >= 11 is 6.41. The second-order valence-electron chi connectivity index (χ2n) is 21.7. The molecule has 3 nitrogen and oxygen atoms in total. The number of ether oxygens (including phenoxy) is 3. The van der Waals surface area contributed by atoms with Crippen LogP contribution in [-0.2, 0) is 14.2 Å². The Morgan fingerprint density at radius 1 is 0.217 bits per heavy atom. The molecule has 416 valence electrons. The van der Waals surface area contributed by atoms with E-state index < -0.39 is 0 Å². The van der Waals surface area contributed by atoms with Crippen molar-refractivity contribution in [3.05, 3.63) is 0 Å². The highest BCUT2D eigenvalue weighted by Crippen LogP contribution is 2.25. The van der Waals surface area contributed by atoms with Gasteiger partial charge in [0, 0.05) is 25.2 Å². The maximum atomic E-state index is 6.43. The normalized spacial score (nSPS) is 12.0. The molecule has 0 amide bonds. The van der Waals surface area contributed by atoms with Gasteiger partial charge < -0.3 is 14.2 Å². The Bertz CT molecular complexity index is 784. The fraction of sp³-hybridized carbons (Fsp3) is 1.00. The molecule has 0 aliphatic heterocycles. The van der Waals surface area contributed by atoms with Crippen LogP contribution < -0.4 is 0 Å². The van der Waals surface area contributed by atoms with Crippen molar-refractivity contribution in [2.45, 2.75) is 323 Å². The highest BCUT2D eigenvalue weighted by Gasteiger charge is 2.30. The molecule has 0 radical (unpaired) electrons. The van der Waals surface area contributed by atoms with Crippen LogP contribution in [0.4, 0.5) is 0 Å². The van der Waals surface area contributed by atoms with Crippen LogP contribution in [0.5, 0.6) is 0 Å². The van der Waals surface area contributed by atoms with Crippen LogP contribution >= 0.6 is 35.3 Å². The minimum atomic E-state index is -0.0375. The molecule has 0 aliphatic carbocycles. The fourth-order valence-electron chi connectivity index (χ4n) is 9.59. The summed E-state index contributed by atoms with van der Waals surface area (Å²) in [4.78, 5) is 0. The number of thioether (sulfide) groups is 3. The fourth-order valence-corrected chi connectivity index (χ4v) is 12.4. The second-order valence-corrected chi connectivity index (χ2v) is 25.4. The van der Waals surface area contributed by atoms with E-state index in [1.807, 2.05) is 0 Å². The zero-order valence-electron chi connectivity index (χ0n) is 48.0. The Hall–Kier alpha value is 0.930. The summed E-state index contributed by atoms with van der Waals surface area (Å²) in [6.07, 6.45) is 64.9. The maximum Gasteiger partial charge on any atom is 0.0566 e. The van der Waals surface area contributed by atoms with Crippen molar-refractivity contribution < 1.29 is 14.2 Å². The molecule has 0 spiro atoms. The predicted molar refractivity (Wildman–Crippen MR) is 322 cm³/mol. The average molecular weight is 1030 g/mol. The number of hydrogen-bond acceptors (Lipinski definition) is 6. The first-order chi connectivity index (χ1) is 34.2. The molecule has 69 heavy (non-hydrogen) atoms. The van der Waals surface area contributed by atoms with E-state index in [-0.39, 0.29) is 5.41 Å². The zero-order chi connectivity index (χ0) is 49.8. The molecule has 0 saturated heterocycles. The first-order valence-corrected chi connectivity index (χ1v) is 35.2. The van der Waals surface area contributed by atoms with Crippen molar-refractivity contribution in [2.24, 2.45) is 5.41 Å². The van der Waals surface area contributed by atoms with Crippen molar-refractivity contribution >= 4 is 35.3 Å². The first kappa shape index (κ1) is 69.9. The molecule has 0 bridgehead atoms. The standard InChI is InChI=1S/C63H128O3S3/c1-5-9-12-15-18-21-24-27-30-33-36-39-42-45-54-67-57-48-51-64-60-63(8-4,61-65-52-49-58-68-55-46-43-40-37-34-31-28-25-22-19-16-13-10-6-2)62-66-53-50-59-69-56-47-44-41-38-35-32-29-26-23-20-17-14-11-7-3/h5-62H2,1-4H3. The van der Waals surface area contributed by atoms with Gasteiger partial charge in [0.25, 0.3) is 0 Å². The lowest BCUT2D eigenvalue weighted by Crippen LogP contribution is -2.37. The second kappa shape index (κ2) is 63.2. The lowest BCUT2D eigenvalue weighted by molar-refractivity contribution is -0.0710. The van der Waals surface area contributed by atoms with E-state index >= 15 is 0 Å². The third-order valence-corrected chi connectivity index (χ3v) is 18.1. The molecule has 0 unspecified atom stereocenters. The van der Waals surface area contributed by atoms with Gasteiger partial charge in [-0.15, -0.1) is 0 Å². The Labute approximate surface area is 449 Å². The van der Waals surface area contributed by atoms with Crippen LogP contribution in [0.25, 0.3) is 0 Å². The van der Waals surface area contributed by atoms with E-state index in [9.17, 15) is 0 Å². The lowest BCUT2D eigenvalue weighted by Gasteiger charge is -2.32. The molecule has 0 aromatic carbocycles. The lowest BCUT2D eigenvalue weighted by atomic mass is 9.88. The van der Waals surface area contributed by atoms with Gasteiger partial charge in [0.15, 0.2) is 0 Å². The van der Waals surface area contributed by atoms with Crippen molar-refractivity contribution in [3.63, 3.8) is 0 Å². The number of unbranched alkanes of at least 4 members (excludes halogenated alkanes) is 39. The van der Waals surface area contributed by atoms with Gasteiger partial charge in [-0.2, -0.15) is 35.3 Å². The summed E-state index contributed by atoms with van der Waals surface area (Å²) < 4.78 is 19.3. The minimum absolute atomic E-state index is 0.0375. The molecule has 0 aliphatic rings. The molecule has 0 rings (SSSR count). The van der Waals surface area contributed by atoms with E-state index in [4.69, 9.17) is 14.2 Å². The molecule has 0 saturated carbocycles. The zero-order valence-corrected chi connectivity index (χ0v) is 50.4. The summed E-state index contributed by atoms with van der Waals surface area (Å²) in [5, 5.41) is 0. The van der Waals surface area contributed by atoms with Gasteiger partial charge in [-0.25, -0.2) is 0 Å². The van der Waals surface area contributed by atoms with Crippen LogP contribution in [0.1, 0.15) is 323 Å². The monoisotopic (exact) mass is 1030 g/mol. The number of rotatable bonds is 64. The Kier molecular flexibility index (Phi) is 64.1. The molecule has 0 heterocycles. The molecule has 0 aromatic heterocycles. The van der Waals surface area contributed by atoms with Crippen LogP contribution in [0, 0.1) is 5.41 Å². The smallest absolute Gasteiger partial charge is 0.0566 e. The van der Waals surface area contributed by atoms with Gasteiger partial charge >= 0.3 is 0 Å². The van der Waals surface area contributed by atoms with Crippen LogP contribution in [0.3, 0.4) is 0 Å². The highest BCUT2D eigenvalue weighted by molar-refractivity contribution is 7.99. The van der Waals surface area contributed by atoms with Gasteiger partial charge in [-0.05, 0) is 79.5 Å². The van der Waals surface area contributed by atoms with Gasteiger partial charge in [-0.1, -0.05) is 278 Å². The van der Waals surface area contributed by atoms with Crippen LogP contribution in [0.2, 0.25) is 0 Å². The third-order valence-electron chi connectivity index (χ3n) is 14.6. The SMILES string of the molecule is CCCCCCCCCCCCCCCCSCCCOCC(CC)(COCCCSCCCCCCCCCCCCCCCC)COCCCSCCCCCCCCCCCCCCCC. The molecule has 0 N–H and O–H groups in total. The first-order valence-electron chi connectivity index (χ1n) is 31.7. The quantitative estimate of drug-likeness (QED) is 0.0564. The Morgan fingerprint density at radius 3 is 0.580 bits per heavy atom. The van der Waals surface area contributed by atoms with Crippen molar-refractivity contribution in [3.8, 4) is 0 Å². The van der Waals surface area contributed by atoms with Gasteiger partial charge in [0.05, 0.1) is 19.8 Å². The Balaban J connectivity index is 4.18. The summed E-state index contributed by atoms with van der Waals surface area (Å²) in [5.74, 6) is 7.60. The predicted octanol–water partition coefficient (Wildman–Crippen LogP) is 22.2. The molecule has 6 heteroatoms. The molecule has 0 fully saturated rings. The molecular weight excluding hydrogens is 901 g/mol. The minimum Gasteiger partial charge on any atom is -0.381 e. The molecular formula is C63H128O3S3. The van der Waals surface area contributed by atoms with Crippen LogP contribution in [-0.4, -0.2) is 74.2 Å². The van der Waals surface area contributed by atoms with Gasteiger partial charge in [0.1, 0.15) is 0 Å². The largest absolute Gasteiger partial charge is 0.381 e. The molecule has 0 atom stereocenters. The van der Waals surface area contributed by atoms with E-state index in [1.54, 1.807) is 0 Å². The van der Waals surface area contributed by atoms with E-state index in [2.05, 4.69) is 63.0 Å². The van der Waals surface area contributed by atoms with E-state index in [0.717, 1.165) is 65.3 Å². The van der Waals surface area contributed by atoms with E-state index in [0.29, 0.717) is 0 Å². The summed E-state index contributed by atoms with van der Waals surface area (Å²) in [5.41, 5.74) is -0.0375. The van der Waals surface area contributed by atoms with Gasteiger partial charge in [0.2, 0.25) is 0 Å². The van der Waals surface area contributed by atoms with Gasteiger partial charge in [-0.3, -0.25) is 0 Å². The van der Waals surface area contributed by atoms with Crippen molar-refractivity contribution in [1.82, 2.24) is 0 Å². The van der Waals surface area contributed by atoms with Crippen molar-refractivity contribution in [2.75, 3.05) is 74.2 Å². The summed E-state index contributed by atoms with van der Waals surface area (Å²) in [6, 6.07) is 0. The number of hydrogen-bond donors (Lipinski definition) is 0. The summed E-state index contributed by atoms with van der Waals surface area (Å²) in [7, 11) is 0. The average Bonchev–Trinajstić information content (AvgIpc) is 3.36. The van der Waals surface area contributed by atoms with Crippen LogP contribution in [0.15, 0.2) is 0 Å². The van der Waals surface area contributed by atoms with E-state index in [1.165, 1.54) is 304 Å². The summed E-state index contributed by atoms with van der Waals surface area (Å²) in [6.45, 7) is 14.1. The Morgan fingerprint density at radius 2 is 0.391 bits per heavy atom.